The second-order valence-corrected chi connectivity index (χ2v) is 4.31. The van der Waals surface area contributed by atoms with Gasteiger partial charge in [0, 0.05) is 27.7 Å². The Morgan fingerprint density at radius 2 is 1.80 bits per heavy atom. The zero-order valence-corrected chi connectivity index (χ0v) is 11.8. The first-order valence-electron chi connectivity index (χ1n) is 5.91. The van der Waals surface area contributed by atoms with Gasteiger partial charge in [-0.3, -0.25) is 9.59 Å². The van der Waals surface area contributed by atoms with Crippen molar-refractivity contribution in [2.24, 2.45) is 0 Å². The van der Waals surface area contributed by atoms with Gasteiger partial charge in [-0.05, 0) is 0 Å². The standard InChI is InChI=1S/C11H20F3N3O3/c1-16(2)10(19)7-17(4-5-20-3)9(18)6-15-8-11(12,13)14/h15H,4-8H2,1-3H3. The number of rotatable bonds is 8. The van der Waals surface area contributed by atoms with E-state index in [4.69, 9.17) is 4.74 Å². The molecule has 0 radical (unpaired) electrons. The normalized spacial score (nSPS) is 11.3. The van der Waals surface area contributed by atoms with Crippen LogP contribution >= 0.6 is 0 Å². The van der Waals surface area contributed by atoms with E-state index >= 15 is 0 Å². The van der Waals surface area contributed by atoms with Crippen LogP contribution in [0.4, 0.5) is 13.2 Å². The summed E-state index contributed by atoms with van der Waals surface area (Å²) in [6.45, 7) is -1.58. The molecule has 0 fully saturated rings. The van der Waals surface area contributed by atoms with Gasteiger partial charge in [0.1, 0.15) is 0 Å². The van der Waals surface area contributed by atoms with Crippen molar-refractivity contribution in [3.63, 3.8) is 0 Å². The Hall–Kier alpha value is -1.35. The molecule has 0 aromatic carbocycles. The molecule has 0 aromatic rings. The number of nitrogens with zero attached hydrogens (tertiary/aromatic N) is 2. The minimum absolute atomic E-state index is 0.141. The van der Waals surface area contributed by atoms with Crippen molar-refractivity contribution < 1.29 is 27.5 Å². The third-order valence-corrected chi connectivity index (χ3v) is 2.34. The molecule has 0 saturated carbocycles. The SMILES string of the molecule is COCCN(CC(=O)N(C)C)C(=O)CNCC(F)(F)F. The lowest BCUT2D eigenvalue weighted by molar-refractivity contribution is -0.141. The lowest BCUT2D eigenvalue weighted by atomic mass is 10.4. The molecule has 0 spiro atoms. The summed E-state index contributed by atoms with van der Waals surface area (Å²) in [6.07, 6.45) is -4.38. The largest absolute Gasteiger partial charge is 0.401 e. The van der Waals surface area contributed by atoms with Gasteiger partial charge in [-0.25, -0.2) is 0 Å². The molecule has 0 bridgehead atoms. The zero-order valence-electron chi connectivity index (χ0n) is 11.8. The van der Waals surface area contributed by atoms with Crippen LogP contribution in [-0.4, -0.2) is 81.8 Å². The molecule has 0 saturated heterocycles. The Bertz CT molecular complexity index is 322. The zero-order chi connectivity index (χ0) is 15.8. The number of halogens is 3. The number of amides is 2. The minimum atomic E-state index is -4.38. The van der Waals surface area contributed by atoms with E-state index in [2.05, 4.69) is 0 Å². The van der Waals surface area contributed by atoms with Crippen LogP contribution in [0, 0.1) is 0 Å². The number of methoxy groups -OCH3 is 1. The summed E-state index contributed by atoms with van der Waals surface area (Å²) in [4.78, 5) is 25.8. The van der Waals surface area contributed by atoms with Crippen molar-refractivity contribution in [2.45, 2.75) is 6.18 Å². The van der Waals surface area contributed by atoms with Crippen LogP contribution in [-0.2, 0) is 14.3 Å². The predicted molar refractivity (Wildman–Crippen MR) is 66.1 cm³/mol. The average molecular weight is 299 g/mol. The summed E-state index contributed by atoms with van der Waals surface area (Å²) >= 11 is 0. The number of alkyl halides is 3. The van der Waals surface area contributed by atoms with Gasteiger partial charge in [0.15, 0.2) is 0 Å². The fourth-order valence-corrected chi connectivity index (χ4v) is 1.22. The van der Waals surface area contributed by atoms with Gasteiger partial charge in [-0.15, -0.1) is 0 Å². The van der Waals surface area contributed by atoms with Crippen LogP contribution in [0.5, 0.6) is 0 Å². The predicted octanol–water partition coefficient (Wildman–Crippen LogP) is -0.298. The minimum Gasteiger partial charge on any atom is -0.383 e. The van der Waals surface area contributed by atoms with Crippen LogP contribution in [0.15, 0.2) is 0 Å². The molecular weight excluding hydrogens is 279 g/mol. The first-order chi connectivity index (χ1) is 9.17. The topological polar surface area (TPSA) is 61.9 Å². The maximum Gasteiger partial charge on any atom is 0.401 e. The lowest BCUT2D eigenvalue weighted by Gasteiger charge is -2.23. The fourth-order valence-electron chi connectivity index (χ4n) is 1.22. The Morgan fingerprint density at radius 3 is 2.25 bits per heavy atom. The third-order valence-electron chi connectivity index (χ3n) is 2.34. The highest BCUT2D eigenvalue weighted by molar-refractivity contribution is 5.85. The maximum atomic E-state index is 12.0. The second-order valence-electron chi connectivity index (χ2n) is 4.31. The van der Waals surface area contributed by atoms with Crippen molar-refractivity contribution in [1.82, 2.24) is 15.1 Å². The molecule has 1 N–H and O–H groups in total. The summed E-state index contributed by atoms with van der Waals surface area (Å²) in [5, 5.41) is 2.00. The maximum absolute atomic E-state index is 12.0. The quantitative estimate of drug-likeness (QED) is 0.668. The summed E-state index contributed by atoms with van der Waals surface area (Å²) in [7, 11) is 4.49. The van der Waals surface area contributed by atoms with Crippen LogP contribution < -0.4 is 5.32 Å². The van der Waals surface area contributed by atoms with Crippen LogP contribution in [0.25, 0.3) is 0 Å². The molecule has 0 aromatic heterocycles. The van der Waals surface area contributed by atoms with E-state index in [0.29, 0.717) is 0 Å². The number of nitrogens with one attached hydrogen (secondary N) is 1. The van der Waals surface area contributed by atoms with Gasteiger partial charge in [-0.2, -0.15) is 13.2 Å². The highest BCUT2D eigenvalue weighted by atomic mass is 19.4. The van der Waals surface area contributed by atoms with Crippen LogP contribution in [0.3, 0.4) is 0 Å². The molecule has 9 heteroatoms. The van der Waals surface area contributed by atoms with Crippen LogP contribution in [0.1, 0.15) is 0 Å². The fraction of sp³-hybridized carbons (Fsp3) is 0.818. The molecule has 0 aliphatic carbocycles. The van der Waals surface area contributed by atoms with E-state index in [9.17, 15) is 22.8 Å². The van der Waals surface area contributed by atoms with Crippen molar-refractivity contribution in [3.05, 3.63) is 0 Å². The molecule has 0 unspecified atom stereocenters. The Labute approximate surface area is 115 Å². The highest BCUT2D eigenvalue weighted by Crippen LogP contribution is 2.11. The molecule has 20 heavy (non-hydrogen) atoms. The van der Waals surface area contributed by atoms with E-state index < -0.39 is 25.2 Å². The van der Waals surface area contributed by atoms with Crippen molar-refractivity contribution in [1.29, 1.82) is 0 Å². The van der Waals surface area contributed by atoms with Gasteiger partial charge in [0.2, 0.25) is 11.8 Å². The van der Waals surface area contributed by atoms with Gasteiger partial charge < -0.3 is 19.9 Å². The molecule has 6 nitrogen and oxygen atoms in total. The number of likely N-dealkylation sites (N-methyl/N-ethyl adjacent to an activating group) is 1. The smallest absolute Gasteiger partial charge is 0.383 e. The number of ether oxygens (including phenoxy) is 1. The number of carbonyl (C=O) groups excluding carboxylic acids is 2. The molecular formula is C11H20F3N3O3. The Balaban J connectivity index is 4.37. The number of hydrogen-bond donors (Lipinski definition) is 1. The number of carbonyl (C=O) groups is 2. The number of hydrogen-bond acceptors (Lipinski definition) is 4. The monoisotopic (exact) mass is 299 g/mol. The first-order valence-corrected chi connectivity index (χ1v) is 5.91. The van der Waals surface area contributed by atoms with Crippen molar-refractivity contribution >= 4 is 11.8 Å². The third kappa shape index (κ3) is 8.70. The van der Waals surface area contributed by atoms with E-state index in [1.807, 2.05) is 5.32 Å². The van der Waals surface area contributed by atoms with E-state index in [1.165, 1.54) is 26.1 Å². The second kappa shape index (κ2) is 8.75. The molecule has 0 atom stereocenters. The molecule has 0 rings (SSSR count). The van der Waals surface area contributed by atoms with Gasteiger partial charge >= 0.3 is 6.18 Å². The van der Waals surface area contributed by atoms with Crippen LogP contribution in [0.2, 0.25) is 0 Å². The Morgan fingerprint density at radius 1 is 1.20 bits per heavy atom. The summed E-state index contributed by atoms with van der Waals surface area (Å²) in [5.74, 6) is -0.897. The molecule has 0 aliphatic rings. The first kappa shape index (κ1) is 18.7. The average Bonchev–Trinajstić information content (AvgIpc) is 2.32. The summed E-state index contributed by atoms with van der Waals surface area (Å²) in [6, 6.07) is 0. The van der Waals surface area contributed by atoms with E-state index in [1.54, 1.807) is 0 Å². The highest BCUT2D eigenvalue weighted by Gasteiger charge is 2.27. The van der Waals surface area contributed by atoms with Crippen molar-refractivity contribution in [2.75, 3.05) is 54.0 Å². The van der Waals surface area contributed by atoms with E-state index in [-0.39, 0.29) is 25.6 Å². The van der Waals surface area contributed by atoms with E-state index in [0.717, 1.165) is 4.90 Å². The molecule has 118 valence electrons. The Kier molecular flexibility index (Phi) is 8.16. The van der Waals surface area contributed by atoms with Gasteiger partial charge in [0.05, 0.1) is 26.2 Å². The summed E-state index contributed by atoms with van der Waals surface area (Å²) in [5.41, 5.74) is 0. The van der Waals surface area contributed by atoms with Gasteiger partial charge in [0.25, 0.3) is 0 Å². The van der Waals surface area contributed by atoms with Gasteiger partial charge in [-0.1, -0.05) is 0 Å². The molecule has 0 heterocycles. The molecule has 2 amide bonds. The summed E-state index contributed by atoms with van der Waals surface area (Å²) < 4.78 is 40.7. The molecule has 0 aliphatic heterocycles. The van der Waals surface area contributed by atoms with Crippen molar-refractivity contribution in [3.8, 4) is 0 Å². The lowest BCUT2D eigenvalue weighted by Crippen LogP contribution is -2.46.